The summed E-state index contributed by atoms with van der Waals surface area (Å²) in [5.41, 5.74) is 7.19. The Morgan fingerprint density at radius 2 is 2.10 bits per heavy atom. The summed E-state index contributed by atoms with van der Waals surface area (Å²) >= 11 is 7.31. The molecule has 31 heavy (non-hydrogen) atoms. The molecule has 0 saturated carbocycles. The highest BCUT2D eigenvalue weighted by molar-refractivity contribution is 7.99. The topological polar surface area (TPSA) is 95.3 Å². The molecule has 2 aliphatic heterocycles. The number of hydrogen-bond donors (Lipinski definition) is 3. The molecule has 0 spiro atoms. The van der Waals surface area contributed by atoms with E-state index in [1.165, 1.54) is 23.9 Å². The van der Waals surface area contributed by atoms with Crippen molar-refractivity contribution in [3.63, 3.8) is 0 Å². The maximum atomic E-state index is 13.4. The monoisotopic (exact) mass is 460 g/mol. The molecule has 3 N–H and O–H groups in total. The quantitative estimate of drug-likeness (QED) is 0.535. The van der Waals surface area contributed by atoms with Crippen molar-refractivity contribution in [3.8, 4) is 11.4 Å². The SMILES string of the molecule is O=C1C2CNNC2NC(SCc2nc(-c3ccc(F)c(Cl)c3)no2)N1c1ccccc1. The van der Waals surface area contributed by atoms with Crippen molar-refractivity contribution in [1.82, 2.24) is 26.3 Å². The van der Waals surface area contributed by atoms with Crippen LogP contribution in [0, 0.1) is 11.7 Å². The number of benzene rings is 2. The number of carbonyl (C=O) groups excluding carboxylic acids is 1. The molecule has 8 nitrogen and oxygen atoms in total. The normalized spacial score (nSPS) is 23.2. The van der Waals surface area contributed by atoms with E-state index >= 15 is 0 Å². The third-order valence-electron chi connectivity index (χ3n) is 5.14. The molecule has 0 bridgehead atoms. The Morgan fingerprint density at radius 3 is 2.90 bits per heavy atom. The van der Waals surface area contributed by atoms with Crippen LogP contribution in [0.1, 0.15) is 5.89 Å². The molecule has 2 saturated heterocycles. The number of fused-ring (bicyclic) bond motifs is 1. The van der Waals surface area contributed by atoms with E-state index in [9.17, 15) is 9.18 Å². The molecule has 5 rings (SSSR count). The summed E-state index contributed by atoms with van der Waals surface area (Å²) in [4.78, 5) is 19.3. The first-order valence-electron chi connectivity index (χ1n) is 9.62. The third-order valence-corrected chi connectivity index (χ3v) is 6.50. The van der Waals surface area contributed by atoms with Crippen LogP contribution >= 0.6 is 23.4 Å². The maximum Gasteiger partial charge on any atom is 0.237 e. The highest BCUT2D eigenvalue weighted by atomic mass is 35.5. The molecule has 3 atom stereocenters. The van der Waals surface area contributed by atoms with Crippen LogP contribution in [0.3, 0.4) is 0 Å². The lowest BCUT2D eigenvalue weighted by Gasteiger charge is -2.41. The Hall–Kier alpha value is -2.50. The highest BCUT2D eigenvalue weighted by Crippen LogP contribution is 2.31. The largest absolute Gasteiger partial charge is 0.338 e. The smallest absolute Gasteiger partial charge is 0.237 e. The van der Waals surface area contributed by atoms with Gasteiger partial charge < -0.3 is 4.52 Å². The number of thioether (sulfide) groups is 1. The van der Waals surface area contributed by atoms with E-state index in [1.807, 2.05) is 30.3 Å². The second-order valence-electron chi connectivity index (χ2n) is 7.12. The molecule has 11 heteroatoms. The number of nitrogens with one attached hydrogen (secondary N) is 3. The number of carbonyl (C=O) groups is 1. The molecule has 2 aliphatic rings. The van der Waals surface area contributed by atoms with Gasteiger partial charge in [0.15, 0.2) is 0 Å². The highest BCUT2D eigenvalue weighted by Gasteiger charge is 2.44. The number of halogens is 2. The number of para-hydroxylation sites is 1. The fourth-order valence-corrected chi connectivity index (χ4v) is 4.81. The van der Waals surface area contributed by atoms with Gasteiger partial charge in [-0.3, -0.25) is 20.4 Å². The van der Waals surface area contributed by atoms with Crippen LogP contribution in [0.4, 0.5) is 10.1 Å². The van der Waals surface area contributed by atoms with E-state index in [2.05, 4.69) is 26.3 Å². The Kier molecular flexibility index (Phi) is 5.63. The average molecular weight is 461 g/mol. The summed E-state index contributed by atoms with van der Waals surface area (Å²) in [5, 5.41) is 7.42. The number of anilines is 1. The lowest BCUT2D eigenvalue weighted by molar-refractivity contribution is -0.124. The number of amides is 1. The summed E-state index contributed by atoms with van der Waals surface area (Å²) in [6.45, 7) is 0.560. The zero-order chi connectivity index (χ0) is 21.4. The minimum atomic E-state index is -0.507. The Morgan fingerprint density at radius 1 is 1.26 bits per heavy atom. The van der Waals surface area contributed by atoms with Crippen molar-refractivity contribution in [2.24, 2.45) is 5.92 Å². The molecule has 2 aromatic carbocycles. The standard InChI is InChI=1S/C20H18ClFN6O2S/c21-14-8-11(6-7-15(14)22)17-24-16(30-27-17)10-31-20-25-18-13(9-23-26-18)19(29)28(20)12-4-2-1-3-5-12/h1-8,13,18,20,23,25-26H,9-10H2. The second-order valence-corrected chi connectivity index (χ2v) is 8.60. The molecule has 2 fully saturated rings. The molecular formula is C20H18ClFN6O2S. The van der Waals surface area contributed by atoms with Crippen LogP contribution in [-0.2, 0) is 10.5 Å². The average Bonchev–Trinajstić information content (AvgIpc) is 3.45. The van der Waals surface area contributed by atoms with Crippen molar-refractivity contribution in [1.29, 1.82) is 0 Å². The van der Waals surface area contributed by atoms with E-state index in [0.717, 1.165) is 5.69 Å². The van der Waals surface area contributed by atoms with Gasteiger partial charge in [-0.2, -0.15) is 4.98 Å². The van der Waals surface area contributed by atoms with Gasteiger partial charge in [0.1, 0.15) is 11.3 Å². The third kappa shape index (κ3) is 4.04. The lowest BCUT2D eigenvalue weighted by atomic mass is 10.0. The first kappa shape index (κ1) is 20.4. The van der Waals surface area contributed by atoms with Gasteiger partial charge in [0.25, 0.3) is 0 Å². The van der Waals surface area contributed by atoms with Crippen molar-refractivity contribution < 1.29 is 13.7 Å². The summed E-state index contributed by atoms with van der Waals surface area (Å²) in [6, 6.07) is 13.8. The second kappa shape index (κ2) is 8.56. The number of hydrogen-bond acceptors (Lipinski definition) is 8. The Balaban J connectivity index is 1.34. The Labute approximate surface area is 186 Å². The van der Waals surface area contributed by atoms with Gasteiger partial charge >= 0.3 is 0 Å². The summed E-state index contributed by atoms with van der Waals surface area (Å²) < 4.78 is 18.8. The van der Waals surface area contributed by atoms with Gasteiger partial charge in [-0.05, 0) is 30.3 Å². The van der Waals surface area contributed by atoms with E-state index in [-0.39, 0.29) is 28.5 Å². The predicted octanol–water partition coefficient (Wildman–Crippen LogP) is 2.73. The molecule has 1 amide bonds. The number of aromatic nitrogens is 2. The number of rotatable bonds is 5. The number of hydrazine groups is 1. The van der Waals surface area contributed by atoms with Crippen molar-refractivity contribution in [2.45, 2.75) is 17.4 Å². The molecular weight excluding hydrogens is 443 g/mol. The van der Waals surface area contributed by atoms with Crippen molar-refractivity contribution in [3.05, 3.63) is 65.3 Å². The van der Waals surface area contributed by atoms with Gasteiger partial charge in [-0.1, -0.05) is 35.0 Å². The molecule has 0 radical (unpaired) electrons. The van der Waals surface area contributed by atoms with Crippen LogP contribution in [0.2, 0.25) is 5.02 Å². The lowest BCUT2D eigenvalue weighted by Crippen LogP contribution is -2.64. The molecule has 1 aromatic heterocycles. The van der Waals surface area contributed by atoms with Gasteiger partial charge in [0.05, 0.1) is 22.9 Å². The van der Waals surface area contributed by atoms with Gasteiger partial charge in [-0.15, -0.1) is 11.8 Å². The summed E-state index contributed by atoms with van der Waals surface area (Å²) in [6.07, 6.45) is -0.162. The van der Waals surface area contributed by atoms with Crippen LogP contribution in [0.5, 0.6) is 0 Å². The van der Waals surface area contributed by atoms with E-state index < -0.39 is 5.82 Å². The molecule has 160 valence electrons. The Bertz CT molecular complexity index is 1100. The van der Waals surface area contributed by atoms with E-state index in [4.69, 9.17) is 16.1 Å². The molecule has 3 heterocycles. The van der Waals surface area contributed by atoms with E-state index in [0.29, 0.717) is 29.6 Å². The van der Waals surface area contributed by atoms with Crippen molar-refractivity contribution in [2.75, 3.05) is 11.4 Å². The van der Waals surface area contributed by atoms with Crippen LogP contribution in [-0.4, -0.2) is 34.3 Å². The minimum absolute atomic E-state index is 0.00567. The zero-order valence-corrected chi connectivity index (χ0v) is 17.7. The van der Waals surface area contributed by atoms with E-state index in [1.54, 1.807) is 11.0 Å². The van der Waals surface area contributed by atoms with Crippen LogP contribution < -0.4 is 21.1 Å². The van der Waals surface area contributed by atoms with Gasteiger partial charge in [-0.25, -0.2) is 9.82 Å². The first-order valence-corrected chi connectivity index (χ1v) is 11.0. The number of nitrogens with zero attached hydrogens (tertiary/aromatic N) is 3. The molecule has 3 aromatic rings. The fraction of sp³-hybridized carbons (Fsp3) is 0.250. The summed E-state index contributed by atoms with van der Waals surface area (Å²) in [7, 11) is 0. The maximum absolute atomic E-state index is 13.4. The first-order chi connectivity index (χ1) is 15.1. The molecule has 0 aliphatic carbocycles. The van der Waals surface area contributed by atoms with Crippen LogP contribution in [0.15, 0.2) is 53.1 Å². The fourth-order valence-electron chi connectivity index (χ4n) is 3.60. The minimum Gasteiger partial charge on any atom is -0.338 e. The van der Waals surface area contributed by atoms with Gasteiger partial charge in [0, 0.05) is 17.8 Å². The van der Waals surface area contributed by atoms with Gasteiger partial charge in [0.2, 0.25) is 17.6 Å². The van der Waals surface area contributed by atoms with Crippen LogP contribution in [0.25, 0.3) is 11.4 Å². The van der Waals surface area contributed by atoms with Crippen molar-refractivity contribution >= 4 is 35.0 Å². The zero-order valence-electron chi connectivity index (χ0n) is 16.1. The summed E-state index contributed by atoms with van der Waals surface area (Å²) in [5.74, 6) is 0.426. The predicted molar refractivity (Wildman–Crippen MR) is 115 cm³/mol. The molecule has 3 unspecified atom stereocenters.